The van der Waals surface area contributed by atoms with Gasteiger partial charge in [0.15, 0.2) is 5.82 Å². The Balaban J connectivity index is 2.47. The molecule has 114 valence electrons. The standard InChI is InChI=1S/C15H27N3O2/c1-12(2)11-20-10-6-7-16-13-14(19)18(9-8-17-13)15(3,4)5/h8-9,12H,6-7,10-11H2,1-5H3,(H,16,17). The second-order valence-electron chi connectivity index (χ2n) is 6.37. The summed E-state index contributed by atoms with van der Waals surface area (Å²) in [5.41, 5.74) is -0.320. The van der Waals surface area contributed by atoms with E-state index in [2.05, 4.69) is 24.1 Å². The minimum atomic E-state index is -0.239. The van der Waals surface area contributed by atoms with Crippen LogP contribution >= 0.6 is 0 Å². The second-order valence-corrected chi connectivity index (χ2v) is 6.37. The fraction of sp³-hybridized carbons (Fsp3) is 0.733. The Kier molecular flexibility index (Phi) is 6.20. The van der Waals surface area contributed by atoms with Crippen molar-refractivity contribution < 1.29 is 4.74 Å². The molecule has 0 aliphatic heterocycles. The Bertz CT molecular complexity index is 461. The van der Waals surface area contributed by atoms with E-state index >= 15 is 0 Å². The first-order valence-corrected chi connectivity index (χ1v) is 7.22. The summed E-state index contributed by atoms with van der Waals surface area (Å²) in [7, 11) is 0. The van der Waals surface area contributed by atoms with E-state index in [1.165, 1.54) is 0 Å². The van der Waals surface area contributed by atoms with Crippen molar-refractivity contribution in [3.63, 3.8) is 0 Å². The molecule has 0 radical (unpaired) electrons. The van der Waals surface area contributed by atoms with Crippen molar-refractivity contribution >= 4 is 5.82 Å². The first-order chi connectivity index (χ1) is 9.32. The average Bonchev–Trinajstić information content (AvgIpc) is 2.33. The van der Waals surface area contributed by atoms with Gasteiger partial charge in [0.05, 0.1) is 0 Å². The number of hydrogen-bond acceptors (Lipinski definition) is 4. The van der Waals surface area contributed by atoms with Gasteiger partial charge in [-0.05, 0) is 33.1 Å². The average molecular weight is 281 g/mol. The van der Waals surface area contributed by atoms with Crippen molar-refractivity contribution in [1.29, 1.82) is 0 Å². The molecule has 1 heterocycles. The normalized spacial score (nSPS) is 11.9. The van der Waals surface area contributed by atoms with Crippen LogP contribution in [0.15, 0.2) is 17.2 Å². The SMILES string of the molecule is CC(C)COCCCNc1nccn(C(C)(C)C)c1=O. The lowest BCUT2D eigenvalue weighted by Gasteiger charge is -2.22. The predicted octanol–water partition coefficient (Wildman–Crippen LogP) is 2.47. The van der Waals surface area contributed by atoms with E-state index in [1.807, 2.05) is 20.8 Å². The van der Waals surface area contributed by atoms with Crippen LogP contribution in [-0.4, -0.2) is 29.3 Å². The Morgan fingerprint density at radius 1 is 1.40 bits per heavy atom. The topological polar surface area (TPSA) is 56.1 Å². The van der Waals surface area contributed by atoms with Gasteiger partial charge >= 0.3 is 0 Å². The molecule has 0 aliphatic rings. The van der Waals surface area contributed by atoms with E-state index < -0.39 is 0 Å². The number of aromatic nitrogens is 2. The highest BCUT2D eigenvalue weighted by Gasteiger charge is 2.16. The van der Waals surface area contributed by atoms with Crippen molar-refractivity contribution in [3.05, 3.63) is 22.7 Å². The Labute approximate surface area is 121 Å². The molecule has 0 saturated carbocycles. The molecule has 20 heavy (non-hydrogen) atoms. The quantitative estimate of drug-likeness (QED) is 0.780. The van der Waals surface area contributed by atoms with Gasteiger partial charge in [0.1, 0.15) is 0 Å². The summed E-state index contributed by atoms with van der Waals surface area (Å²) in [6, 6.07) is 0. The Morgan fingerprint density at radius 3 is 2.70 bits per heavy atom. The molecular weight excluding hydrogens is 254 g/mol. The van der Waals surface area contributed by atoms with E-state index in [9.17, 15) is 4.79 Å². The number of ether oxygens (including phenoxy) is 1. The van der Waals surface area contributed by atoms with E-state index in [1.54, 1.807) is 17.0 Å². The van der Waals surface area contributed by atoms with Crippen LogP contribution in [0.1, 0.15) is 41.0 Å². The van der Waals surface area contributed by atoms with Gasteiger partial charge in [0.25, 0.3) is 5.56 Å². The highest BCUT2D eigenvalue weighted by Crippen LogP contribution is 2.10. The number of anilines is 1. The summed E-state index contributed by atoms with van der Waals surface area (Å²) < 4.78 is 7.19. The van der Waals surface area contributed by atoms with Crippen LogP contribution in [-0.2, 0) is 10.3 Å². The highest BCUT2D eigenvalue weighted by molar-refractivity contribution is 5.30. The summed E-state index contributed by atoms with van der Waals surface area (Å²) in [5.74, 6) is 0.962. The summed E-state index contributed by atoms with van der Waals surface area (Å²) >= 11 is 0. The van der Waals surface area contributed by atoms with Crippen LogP contribution in [0.3, 0.4) is 0 Å². The zero-order chi connectivity index (χ0) is 15.2. The second kappa shape index (κ2) is 7.43. The van der Waals surface area contributed by atoms with Gasteiger partial charge in [-0.1, -0.05) is 13.8 Å². The first kappa shape index (κ1) is 16.7. The fourth-order valence-electron chi connectivity index (χ4n) is 1.76. The molecule has 1 aromatic heterocycles. The molecule has 0 aromatic carbocycles. The molecule has 5 heteroatoms. The van der Waals surface area contributed by atoms with Crippen LogP contribution in [0.5, 0.6) is 0 Å². The van der Waals surface area contributed by atoms with Crippen LogP contribution in [0.25, 0.3) is 0 Å². The van der Waals surface area contributed by atoms with E-state index in [0.29, 0.717) is 24.9 Å². The maximum Gasteiger partial charge on any atom is 0.293 e. The van der Waals surface area contributed by atoms with Gasteiger partial charge in [-0.15, -0.1) is 0 Å². The van der Waals surface area contributed by atoms with Crippen LogP contribution in [0, 0.1) is 5.92 Å². The number of hydrogen-bond donors (Lipinski definition) is 1. The summed E-state index contributed by atoms with van der Waals surface area (Å²) in [6.07, 6.45) is 4.24. The van der Waals surface area contributed by atoms with E-state index in [-0.39, 0.29) is 11.1 Å². The summed E-state index contributed by atoms with van der Waals surface area (Å²) in [6.45, 7) is 12.4. The lowest BCUT2D eigenvalue weighted by Crippen LogP contribution is -2.35. The molecule has 0 bridgehead atoms. The van der Waals surface area contributed by atoms with Crippen molar-refractivity contribution in [2.75, 3.05) is 25.1 Å². The van der Waals surface area contributed by atoms with E-state index in [0.717, 1.165) is 13.0 Å². The number of nitrogens with zero attached hydrogens (tertiary/aromatic N) is 2. The molecule has 0 amide bonds. The minimum absolute atomic E-state index is 0.0805. The smallest absolute Gasteiger partial charge is 0.293 e. The molecule has 0 aliphatic carbocycles. The third-order valence-electron chi connectivity index (χ3n) is 2.77. The maximum absolute atomic E-state index is 12.2. The van der Waals surface area contributed by atoms with Crippen LogP contribution in [0.2, 0.25) is 0 Å². The van der Waals surface area contributed by atoms with Crippen molar-refractivity contribution in [2.24, 2.45) is 5.92 Å². The highest BCUT2D eigenvalue weighted by atomic mass is 16.5. The molecular formula is C15H27N3O2. The molecule has 1 N–H and O–H groups in total. The van der Waals surface area contributed by atoms with Crippen LogP contribution < -0.4 is 10.9 Å². The minimum Gasteiger partial charge on any atom is -0.381 e. The van der Waals surface area contributed by atoms with E-state index in [4.69, 9.17) is 4.74 Å². The molecule has 1 aromatic rings. The van der Waals surface area contributed by atoms with Gasteiger partial charge in [-0.25, -0.2) is 4.98 Å². The lowest BCUT2D eigenvalue weighted by molar-refractivity contribution is 0.110. The zero-order valence-corrected chi connectivity index (χ0v) is 13.3. The summed E-state index contributed by atoms with van der Waals surface area (Å²) in [5, 5.41) is 3.09. The van der Waals surface area contributed by atoms with Crippen LogP contribution in [0.4, 0.5) is 5.82 Å². The van der Waals surface area contributed by atoms with Crippen molar-refractivity contribution in [3.8, 4) is 0 Å². The molecule has 0 atom stereocenters. The molecule has 0 saturated heterocycles. The van der Waals surface area contributed by atoms with Crippen molar-refractivity contribution in [2.45, 2.75) is 46.6 Å². The monoisotopic (exact) mass is 281 g/mol. The molecule has 0 fully saturated rings. The van der Waals surface area contributed by atoms with Gasteiger partial charge < -0.3 is 14.6 Å². The van der Waals surface area contributed by atoms with Crippen molar-refractivity contribution in [1.82, 2.24) is 9.55 Å². The Hall–Kier alpha value is -1.36. The number of rotatable bonds is 7. The Morgan fingerprint density at radius 2 is 2.10 bits per heavy atom. The third-order valence-corrected chi connectivity index (χ3v) is 2.77. The maximum atomic E-state index is 12.2. The molecule has 0 unspecified atom stereocenters. The van der Waals surface area contributed by atoms with Gasteiger partial charge in [0.2, 0.25) is 0 Å². The van der Waals surface area contributed by atoms with Gasteiger partial charge in [-0.2, -0.15) is 0 Å². The predicted molar refractivity (Wildman–Crippen MR) is 82.3 cm³/mol. The zero-order valence-electron chi connectivity index (χ0n) is 13.3. The van der Waals surface area contributed by atoms with Gasteiger partial charge in [-0.3, -0.25) is 4.79 Å². The first-order valence-electron chi connectivity index (χ1n) is 7.22. The largest absolute Gasteiger partial charge is 0.381 e. The lowest BCUT2D eigenvalue weighted by atomic mass is 10.1. The molecule has 5 nitrogen and oxygen atoms in total. The van der Waals surface area contributed by atoms with Gasteiger partial charge in [0, 0.05) is 37.7 Å². The third kappa shape index (κ3) is 5.33. The number of nitrogens with one attached hydrogen (secondary N) is 1. The fourth-order valence-corrected chi connectivity index (χ4v) is 1.76. The molecule has 0 spiro atoms. The summed E-state index contributed by atoms with van der Waals surface area (Å²) in [4.78, 5) is 16.3. The molecule has 1 rings (SSSR count).